The van der Waals surface area contributed by atoms with Gasteiger partial charge in [-0.15, -0.1) is 0 Å². The molecule has 1 aromatic rings. The average Bonchev–Trinajstić information content (AvgIpc) is 2.18. The van der Waals surface area contributed by atoms with E-state index in [2.05, 4.69) is 20.9 Å². The van der Waals surface area contributed by atoms with Crippen LogP contribution in [0.1, 0.15) is 13.8 Å². The molecule has 15 heavy (non-hydrogen) atoms. The normalized spacial score (nSPS) is 11.8. The second kappa shape index (κ2) is 4.49. The van der Waals surface area contributed by atoms with Gasteiger partial charge in [-0.2, -0.15) is 0 Å². The van der Waals surface area contributed by atoms with Crippen molar-refractivity contribution in [1.82, 2.24) is 4.98 Å². The molecule has 1 rings (SSSR count). The van der Waals surface area contributed by atoms with E-state index in [-0.39, 0.29) is 10.9 Å². The molecule has 1 heterocycles. The van der Waals surface area contributed by atoms with Gasteiger partial charge in [-0.05, 0) is 41.9 Å². The summed E-state index contributed by atoms with van der Waals surface area (Å²) in [5, 5.41) is -0.451. The molecule has 0 saturated carbocycles. The van der Waals surface area contributed by atoms with Crippen LogP contribution in [0.3, 0.4) is 0 Å². The molecule has 0 saturated heterocycles. The second-order valence-corrected chi connectivity index (χ2v) is 6.54. The van der Waals surface area contributed by atoms with E-state index in [4.69, 9.17) is 4.74 Å². The fourth-order valence-corrected chi connectivity index (χ4v) is 2.28. The lowest BCUT2D eigenvalue weighted by Gasteiger charge is -2.08. The van der Waals surface area contributed by atoms with E-state index < -0.39 is 15.1 Å². The van der Waals surface area contributed by atoms with Gasteiger partial charge in [0.1, 0.15) is 0 Å². The number of methoxy groups -OCH3 is 1. The van der Waals surface area contributed by atoms with Crippen molar-refractivity contribution < 1.29 is 13.2 Å². The van der Waals surface area contributed by atoms with Crippen LogP contribution in [0.4, 0.5) is 0 Å². The summed E-state index contributed by atoms with van der Waals surface area (Å²) >= 11 is 3.21. The zero-order valence-corrected chi connectivity index (χ0v) is 11.1. The fraction of sp³-hybridized carbons (Fsp3) is 0.444. The molecule has 0 fully saturated rings. The van der Waals surface area contributed by atoms with Crippen molar-refractivity contribution in [2.24, 2.45) is 0 Å². The summed E-state index contributed by atoms with van der Waals surface area (Å²) in [5.74, 6) is 0.275. The number of ether oxygens (including phenoxy) is 1. The molecule has 0 aromatic carbocycles. The highest BCUT2D eigenvalue weighted by molar-refractivity contribution is 9.10. The standard InChI is InChI=1S/C9H12BrNO3S/c1-6(2)15(12,13)8-5-4-7(10)9(11-8)14-3/h4-6H,1-3H3. The molecule has 0 radical (unpaired) electrons. The van der Waals surface area contributed by atoms with Crippen molar-refractivity contribution in [3.63, 3.8) is 0 Å². The maximum Gasteiger partial charge on any atom is 0.228 e. The van der Waals surface area contributed by atoms with Crippen molar-refractivity contribution in [3.05, 3.63) is 16.6 Å². The van der Waals surface area contributed by atoms with Crippen LogP contribution in [0, 0.1) is 0 Å². The molecular weight excluding hydrogens is 282 g/mol. The number of rotatable bonds is 3. The Kier molecular flexibility index (Phi) is 3.72. The molecule has 0 N–H and O–H groups in total. The molecule has 0 aliphatic carbocycles. The van der Waals surface area contributed by atoms with Gasteiger partial charge >= 0.3 is 0 Å². The zero-order chi connectivity index (χ0) is 11.6. The Bertz CT molecular complexity index is 456. The van der Waals surface area contributed by atoms with Crippen molar-refractivity contribution in [2.75, 3.05) is 7.11 Å². The summed E-state index contributed by atoms with van der Waals surface area (Å²) in [4.78, 5) is 3.93. The fourth-order valence-electron chi connectivity index (χ4n) is 0.950. The van der Waals surface area contributed by atoms with Crippen LogP contribution < -0.4 is 4.74 Å². The smallest absolute Gasteiger partial charge is 0.228 e. The van der Waals surface area contributed by atoms with Gasteiger partial charge in [0.15, 0.2) is 14.9 Å². The van der Waals surface area contributed by atoms with Crippen molar-refractivity contribution in [2.45, 2.75) is 24.1 Å². The average molecular weight is 294 g/mol. The number of aromatic nitrogens is 1. The quantitative estimate of drug-likeness (QED) is 0.856. The first-order valence-electron chi connectivity index (χ1n) is 4.34. The first-order chi connectivity index (χ1) is 6.89. The van der Waals surface area contributed by atoms with E-state index in [1.807, 2.05) is 0 Å². The van der Waals surface area contributed by atoms with E-state index in [9.17, 15) is 8.42 Å². The molecule has 6 heteroatoms. The highest BCUT2D eigenvalue weighted by Gasteiger charge is 2.21. The molecule has 1 aromatic heterocycles. The minimum atomic E-state index is -3.34. The number of hydrogen-bond donors (Lipinski definition) is 0. The largest absolute Gasteiger partial charge is 0.480 e. The van der Waals surface area contributed by atoms with Gasteiger partial charge in [-0.3, -0.25) is 0 Å². The first kappa shape index (κ1) is 12.4. The van der Waals surface area contributed by atoms with Crippen LogP contribution in [-0.2, 0) is 9.84 Å². The van der Waals surface area contributed by atoms with E-state index in [1.165, 1.54) is 13.2 Å². The first-order valence-corrected chi connectivity index (χ1v) is 6.68. The van der Waals surface area contributed by atoms with Crippen LogP contribution in [0.25, 0.3) is 0 Å². The molecule has 0 bridgehead atoms. The number of pyridine rings is 1. The van der Waals surface area contributed by atoms with Gasteiger partial charge in [0.2, 0.25) is 5.88 Å². The third-order valence-corrected chi connectivity index (χ3v) is 4.55. The number of sulfone groups is 1. The van der Waals surface area contributed by atoms with Gasteiger partial charge in [-0.25, -0.2) is 13.4 Å². The lowest BCUT2D eigenvalue weighted by Crippen LogP contribution is -2.15. The van der Waals surface area contributed by atoms with Crippen molar-refractivity contribution >= 4 is 25.8 Å². The summed E-state index contributed by atoms with van der Waals surface area (Å²) in [6.45, 7) is 3.23. The number of hydrogen-bond acceptors (Lipinski definition) is 4. The summed E-state index contributed by atoms with van der Waals surface area (Å²) in [6.07, 6.45) is 0. The maximum absolute atomic E-state index is 11.8. The predicted octanol–water partition coefficient (Wildman–Crippen LogP) is 2.03. The monoisotopic (exact) mass is 293 g/mol. The Balaban J connectivity index is 3.29. The minimum absolute atomic E-state index is 0.0394. The Labute approximate surface area is 97.7 Å². The van der Waals surface area contributed by atoms with Gasteiger partial charge < -0.3 is 4.74 Å². The van der Waals surface area contributed by atoms with Gasteiger partial charge in [0, 0.05) is 0 Å². The number of halogens is 1. The molecule has 0 amide bonds. The van der Waals surface area contributed by atoms with Crippen LogP contribution in [0.2, 0.25) is 0 Å². The van der Waals surface area contributed by atoms with Crippen LogP contribution in [-0.4, -0.2) is 25.8 Å². The molecule has 0 unspecified atom stereocenters. The summed E-state index contributed by atoms with van der Waals surface area (Å²) in [7, 11) is -1.89. The molecule has 0 spiro atoms. The maximum atomic E-state index is 11.8. The predicted molar refractivity (Wildman–Crippen MR) is 60.8 cm³/mol. The summed E-state index contributed by atoms with van der Waals surface area (Å²) < 4.78 is 29.1. The summed E-state index contributed by atoms with van der Waals surface area (Å²) in [5.41, 5.74) is 0. The second-order valence-electron chi connectivity index (χ2n) is 3.23. The minimum Gasteiger partial charge on any atom is -0.480 e. The van der Waals surface area contributed by atoms with Crippen molar-refractivity contribution in [1.29, 1.82) is 0 Å². The Hall–Kier alpha value is -0.620. The lowest BCUT2D eigenvalue weighted by atomic mass is 10.5. The molecular formula is C9H12BrNO3S. The van der Waals surface area contributed by atoms with E-state index >= 15 is 0 Å². The van der Waals surface area contributed by atoms with E-state index in [0.717, 1.165) is 0 Å². The Morgan fingerprint density at radius 1 is 1.40 bits per heavy atom. The SMILES string of the molecule is COc1nc(S(=O)(=O)C(C)C)ccc1Br. The highest BCUT2D eigenvalue weighted by atomic mass is 79.9. The lowest BCUT2D eigenvalue weighted by molar-refractivity contribution is 0.390. The van der Waals surface area contributed by atoms with Crippen LogP contribution in [0.5, 0.6) is 5.88 Å². The topological polar surface area (TPSA) is 56.3 Å². The molecule has 0 aliphatic rings. The Morgan fingerprint density at radius 2 is 2.00 bits per heavy atom. The third kappa shape index (κ3) is 2.49. The third-order valence-electron chi connectivity index (χ3n) is 1.89. The van der Waals surface area contributed by atoms with E-state index in [1.54, 1.807) is 19.9 Å². The Morgan fingerprint density at radius 3 is 2.47 bits per heavy atom. The molecule has 0 atom stereocenters. The molecule has 0 aliphatic heterocycles. The highest BCUT2D eigenvalue weighted by Crippen LogP contribution is 2.25. The van der Waals surface area contributed by atoms with Gasteiger partial charge in [0.05, 0.1) is 16.8 Å². The van der Waals surface area contributed by atoms with E-state index in [0.29, 0.717) is 4.47 Å². The van der Waals surface area contributed by atoms with Gasteiger partial charge in [0.25, 0.3) is 0 Å². The zero-order valence-electron chi connectivity index (χ0n) is 8.69. The van der Waals surface area contributed by atoms with Crippen LogP contribution in [0.15, 0.2) is 21.6 Å². The van der Waals surface area contributed by atoms with Crippen molar-refractivity contribution in [3.8, 4) is 5.88 Å². The summed E-state index contributed by atoms with van der Waals surface area (Å²) in [6, 6.07) is 3.07. The van der Waals surface area contributed by atoms with Crippen LogP contribution >= 0.6 is 15.9 Å². The molecule has 84 valence electrons. The molecule has 4 nitrogen and oxygen atoms in total. The van der Waals surface area contributed by atoms with Gasteiger partial charge in [-0.1, -0.05) is 0 Å². The number of nitrogens with zero attached hydrogens (tertiary/aromatic N) is 1.